The summed E-state index contributed by atoms with van der Waals surface area (Å²) >= 11 is 0. The molecule has 0 aliphatic carbocycles. The molecule has 1 aromatic heterocycles. The molecule has 6 heteroatoms. The van der Waals surface area contributed by atoms with E-state index in [1.807, 2.05) is 11.0 Å². The van der Waals surface area contributed by atoms with E-state index in [2.05, 4.69) is 15.8 Å². The lowest BCUT2D eigenvalue weighted by Gasteiger charge is -2.31. The predicted molar refractivity (Wildman–Crippen MR) is 83.7 cm³/mol. The van der Waals surface area contributed by atoms with Gasteiger partial charge in [0.2, 0.25) is 0 Å². The third-order valence-corrected chi connectivity index (χ3v) is 4.89. The SMILES string of the molecule is O=C(NCCC1CCCNC1)N1CCC(c2ccon2)CC1. The topological polar surface area (TPSA) is 70.4 Å². The molecule has 0 radical (unpaired) electrons. The van der Waals surface area contributed by atoms with Gasteiger partial charge >= 0.3 is 6.03 Å². The molecule has 2 saturated heterocycles. The van der Waals surface area contributed by atoms with Crippen LogP contribution in [0.1, 0.15) is 43.7 Å². The average Bonchev–Trinajstić information content (AvgIpc) is 3.10. The van der Waals surface area contributed by atoms with Crippen LogP contribution in [-0.2, 0) is 0 Å². The number of nitrogens with zero attached hydrogens (tertiary/aromatic N) is 2. The molecule has 1 aromatic rings. The van der Waals surface area contributed by atoms with Crippen LogP contribution in [-0.4, -0.2) is 48.8 Å². The Balaban J connectivity index is 1.35. The third kappa shape index (κ3) is 4.00. The highest BCUT2D eigenvalue weighted by atomic mass is 16.5. The Labute approximate surface area is 131 Å². The van der Waals surface area contributed by atoms with Gasteiger partial charge in [-0.15, -0.1) is 0 Å². The quantitative estimate of drug-likeness (QED) is 0.892. The Kier molecular flexibility index (Phi) is 5.32. The van der Waals surface area contributed by atoms with Crippen LogP contribution < -0.4 is 10.6 Å². The zero-order valence-corrected chi connectivity index (χ0v) is 13.1. The van der Waals surface area contributed by atoms with E-state index in [4.69, 9.17) is 4.52 Å². The number of likely N-dealkylation sites (tertiary alicyclic amines) is 1. The zero-order valence-electron chi connectivity index (χ0n) is 13.1. The summed E-state index contributed by atoms with van der Waals surface area (Å²) in [5, 5.41) is 10.5. The monoisotopic (exact) mass is 306 g/mol. The summed E-state index contributed by atoms with van der Waals surface area (Å²) < 4.78 is 4.90. The first-order chi connectivity index (χ1) is 10.8. The van der Waals surface area contributed by atoms with Gasteiger partial charge in [0.05, 0.1) is 5.69 Å². The molecule has 3 heterocycles. The summed E-state index contributed by atoms with van der Waals surface area (Å²) in [5.41, 5.74) is 1.02. The molecule has 2 aliphatic rings. The van der Waals surface area contributed by atoms with Crippen LogP contribution in [0.3, 0.4) is 0 Å². The van der Waals surface area contributed by atoms with Gasteiger partial charge in [-0.05, 0) is 51.1 Å². The van der Waals surface area contributed by atoms with E-state index >= 15 is 0 Å². The molecule has 2 fully saturated rings. The first-order valence-electron chi connectivity index (χ1n) is 8.46. The first kappa shape index (κ1) is 15.3. The number of carbonyl (C=O) groups is 1. The van der Waals surface area contributed by atoms with Crippen molar-refractivity contribution in [2.24, 2.45) is 5.92 Å². The Hall–Kier alpha value is -1.56. The molecule has 1 unspecified atom stereocenters. The molecule has 0 spiro atoms. The summed E-state index contributed by atoms with van der Waals surface area (Å²) in [7, 11) is 0. The van der Waals surface area contributed by atoms with Gasteiger partial charge in [-0.3, -0.25) is 0 Å². The lowest BCUT2D eigenvalue weighted by atomic mass is 9.94. The predicted octanol–water partition coefficient (Wildman–Crippen LogP) is 1.95. The third-order valence-electron chi connectivity index (χ3n) is 4.89. The van der Waals surface area contributed by atoms with E-state index in [0.717, 1.165) is 57.7 Å². The highest BCUT2D eigenvalue weighted by molar-refractivity contribution is 5.74. The fraction of sp³-hybridized carbons (Fsp3) is 0.750. The zero-order chi connectivity index (χ0) is 15.2. The minimum atomic E-state index is 0.0855. The highest BCUT2D eigenvalue weighted by Gasteiger charge is 2.25. The van der Waals surface area contributed by atoms with E-state index < -0.39 is 0 Å². The Morgan fingerprint density at radius 1 is 1.41 bits per heavy atom. The van der Waals surface area contributed by atoms with Crippen LogP contribution in [0.15, 0.2) is 16.9 Å². The number of amides is 2. The number of rotatable bonds is 4. The van der Waals surface area contributed by atoms with Gasteiger partial charge in [0.15, 0.2) is 0 Å². The van der Waals surface area contributed by atoms with Crippen molar-refractivity contribution >= 4 is 6.03 Å². The molecule has 6 nitrogen and oxygen atoms in total. The van der Waals surface area contributed by atoms with Gasteiger partial charge in [-0.1, -0.05) is 5.16 Å². The average molecular weight is 306 g/mol. The van der Waals surface area contributed by atoms with Crippen molar-refractivity contribution in [2.45, 2.75) is 38.0 Å². The van der Waals surface area contributed by atoms with Gasteiger partial charge in [-0.25, -0.2) is 4.79 Å². The number of nitrogens with one attached hydrogen (secondary N) is 2. The van der Waals surface area contributed by atoms with E-state index in [1.165, 1.54) is 12.8 Å². The van der Waals surface area contributed by atoms with Crippen LogP contribution in [0.25, 0.3) is 0 Å². The summed E-state index contributed by atoms with van der Waals surface area (Å²) in [4.78, 5) is 14.1. The number of piperidine rings is 2. The fourth-order valence-electron chi connectivity index (χ4n) is 3.48. The molecule has 0 bridgehead atoms. The van der Waals surface area contributed by atoms with Crippen LogP contribution in [0.4, 0.5) is 4.79 Å². The lowest BCUT2D eigenvalue weighted by Crippen LogP contribution is -2.45. The molecule has 0 saturated carbocycles. The molecule has 1 atom stereocenters. The Morgan fingerprint density at radius 2 is 2.27 bits per heavy atom. The van der Waals surface area contributed by atoms with Gasteiger partial charge in [-0.2, -0.15) is 0 Å². The van der Waals surface area contributed by atoms with Crippen molar-refractivity contribution < 1.29 is 9.32 Å². The minimum Gasteiger partial charge on any atom is -0.365 e. The molecular formula is C16H26N4O2. The molecule has 0 aromatic carbocycles. The molecule has 2 N–H and O–H groups in total. The molecule has 2 aliphatic heterocycles. The van der Waals surface area contributed by atoms with Gasteiger partial charge in [0.1, 0.15) is 6.26 Å². The minimum absolute atomic E-state index is 0.0855. The van der Waals surface area contributed by atoms with E-state index in [9.17, 15) is 4.79 Å². The smallest absolute Gasteiger partial charge is 0.317 e. The largest absolute Gasteiger partial charge is 0.365 e. The summed E-state index contributed by atoms with van der Waals surface area (Å²) in [6.07, 6.45) is 7.17. The van der Waals surface area contributed by atoms with Crippen LogP contribution in [0.2, 0.25) is 0 Å². The number of hydrogen-bond acceptors (Lipinski definition) is 4. The Bertz CT molecular complexity index is 449. The van der Waals surface area contributed by atoms with Crippen molar-refractivity contribution in [1.29, 1.82) is 0 Å². The fourth-order valence-corrected chi connectivity index (χ4v) is 3.48. The maximum atomic E-state index is 12.2. The first-order valence-corrected chi connectivity index (χ1v) is 8.46. The summed E-state index contributed by atoms with van der Waals surface area (Å²) in [6.45, 7) is 4.62. The van der Waals surface area contributed by atoms with E-state index in [-0.39, 0.29) is 6.03 Å². The maximum absolute atomic E-state index is 12.2. The second-order valence-electron chi connectivity index (χ2n) is 6.42. The second-order valence-corrected chi connectivity index (χ2v) is 6.42. The maximum Gasteiger partial charge on any atom is 0.317 e. The molecule has 122 valence electrons. The van der Waals surface area contributed by atoms with Gasteiger partial charge in [0, 0.05) is 31.6 Å². The van der Waals surface area contributed by atoms with Crippen molar-refractivity contribution in [1.82, 2.24) is 20.7 Å². The van der Waals surface area contributed by atoms with Crippen molar-refractivity contribution in [2.75, 3.05) is 32.7 Å². The highest BCUT2D eigenvalue weighted by Crippen LogP contribution is 2.26. The lowest BCUT2D eigenvalue weighted by molar-refractivity contribution is 0.179. The van der Waals surface area contributed by atoms with E-state index in [1.54, 1.807) is 6.26 Å². The van der Waals surface area contributed by atoms with Crippen molar-refractivity contribution in [3.63, 3.8) is 0 Å². The van der Waals surface area contributed by atoms with Crippen LogP contribution in [0, 0.1) is 5.92 Å². The van der Waals surface area contributed by atoms with Gasteiger partial charge < -0.3 is 20.1 Å². The molecule has 22 heavy (non-hydrogen) atoms. The molecule has 3 rings (SSSR count). The number of carbonyl (C=O) groups excluding carboxylic acids is 1. The van der Waals surface area contributed by atoms with Crippen LogP contribution in [0.5, 0.6) is 0 Å². The molecule has 2 amide bonds. The number of hydrogen-bond donors (Lipinski definition) is 2. The summed E-state index contributed by atoms with van der Waals surface area (Å²) in [5.74, 6) is 1.14. The summed E-state index contributed by atoms with van der Waals surface area (Å²) in [6, 6.07) is 2.01. The van der Waals surface area contributed by atoms with Crippen molar-refractivity contribution in [3.05, 3.63) is 18.0 Å². The van der Waals surface area contributed by atoms with E-state index in [0.29, 0.717) is 11.8 Å². The normalized spacial score (nSPS) is 23.5. The Morgan fingerprint density at radius 3 is 2.95 bits per heavy atom. The number of aromatic nitrogens is 1. The molecular weight excluding hydrogens is 280 g/mol. The standard InChI is InChI=1S/C16H26N4O2/c21-16(18-8-3-13-2-1-7-17-12-13)20-9-4-14(5-10-20)15-6-11-22-19-15/h6,11,13-14,17H,1-5,7-10,12H2,(H,18,21). The number of urea groups is 1. The van der Waals surface area contributed by atoms with Crippen LogP contribution >= 0.6 is 0 Å². The van der Waals surface area contributed by atoms with Gasteiger partial charge in [0.25, 0.3) is 0 Å². The second kappa shape index (κ2) is 7.63. The van der Waals surface area contributed by atoms with Crippen molar-refractivity contribution in [3.8, 4) is 0 Å².